The van der Waals surface area contributed by atoms with Crippen LogP contribution in [0.3, 0.4) is 0 Å². The third kappa shape index (κ3) is 5.00. The highest BCUT2D eigenvalue weighted by Gasteiger charge is 2.33. The Labute approximate surface area is 195 Å². The molecule has 3 aromatic rings. The van der Waals surface area contributed by atoms with Gasteiger partial charge in [0.2, 0.25) is 11.7 Å². The predicted molar refractivity (Wildman–Crippen MR) is 128 cm³/mol. The molecule has 0 unspecified atom stereocenters. The van der Waals surface area contributed by atoms with Crippen LogP contribution in [0.2, 0.25) is 0 Å². The summed E-state index contributed by atoms with van der Waals surface area (Å²) in [5.41, 5.74) is 4.10. The second-order valence-corrected chi connectivity index (χ2v) is 8.86. The van der Waals surface area contributed by atoms with Crippen molar-refractivity contribution in [2.75, 3.05) is 26.2 Å². The van der Waals surface area contributed by atoms with Crippen LogP contribution in [-0.2, 0) is 11.2 Å². The highest BCUT2D eigenvalue weighted by atomic mass is 16.5. The van der Waals surface area contributed by atoms with Crippen LogP contribution in [-0.4, -0.2) is 52.9 Å². The molecule has 1 saturated heterocycles. The standard InChI is InChI=1S/C27H31N3O3/c1-4-29-14-15-30(27(32)25-17-24(19(2)3)28-33-25)18-22(26(29)31)16-21-12-8-9-13-23(21)20-10-6-5-7-11-20/h5-13,17,19,22H,4,14-16,18H2,1-3H3/t22-/m0/s1. The lowest BCUT2D eigenvalue weighted by molar-refractivity contribution is -0.134. The summed E-state index contributed by atoms with van der Waals surface area (Å²) in [6.45, 7) is 7.98. The molecule has 2 aromatic carbocycles. The van der Waals surface area contributed by atoms with Crippen LogP contribution in [0.4, 0.5) is 0 Å². The fourth-order valence-corrected chi connectivity index (χ4v) is 4.38. The number of nitrogens with zero attached hydrogens (tertiary/aromatic N) is 3. The number of rotatable bonds is 6. The maximum atomic E-state index is 13.4. The first-order chi connectivity index (χ1) is 16.0. The van der Waals surface area contributed by atoms with Crippen molar-refractivity contribution < 1.29 is 14.1 Å². The number of carbonyl (C=O) groups excluding carboxylic acids is 2. The van der Waals surface area contributed by atoms with Crippen LogP contribution < -0.4 is 0 Å². The summed E-state index contributed by atoms with van der Waals surface area (Å²) in [5.74, 6) is -0.0234. The molecule has 6 heteroatoms. The van der Waals surface area contributed by atoms with Gasteiger partial charge in [0.15, 0.2) is 0 Å². The number of amides is 2. The zero-order valence-corrected chi connectivity index (χ0v) is 19.5. The molecule has 0 saturated carbocycles. The minimum Gasteiger partial charge on any atom is -0.351 e. The van der Waals surface area contributed by atoms with Gasteiger partial charge < -0.3 is 14.3 Å². The molecular formula is C27H31N3O3. The number of hydrogen-bond acceptors (Lipinski definition) is 4. The first-order valence-electron chi connectivity index (χ1n) is 11.7. The van der Waals surface area contributed by atoms with Crippen molar-refractivity contribution in [1.82, 2.24) is 15.0 Å². The van der Waals surface area contributed by atoms with E-state index >= 15 is 0 Å². The van der Waals surface area contributed by atoms with Crippen molar-refractivity contribution >= 4 is 11.8 Å². The average Bonchev–Trinajstić information content (AvgIpc) is 3.28. The molecule has 0 aliphatic carbocycles. The lowest BCUT2D eigenvalue weighted by atomic mass is 9.91. The van der Waals surface area contributed by atoms with Crippen LogP contribution in [0.25, 0.3) is 11.1 Å². The van der Waals surface area contributed by atoms with E-state index in [1.54, 1.807) is 11.0 Å². The average molecular weight is 446 g/mol. The molecule has 4 rings (SSSR count). The predicted octanol–water partition coefficient (Wildman–Crippen LogP) is 4.63. The minimum atomic E-state index is -0.325. The van der Waals surface area contributed by atoms with E-state index in [1.165, 1.54) is 0 Å². The molecule has 1 aliphatic rings. The quantitative estimate of drug-likeness (QED) is 0.555. The van der Waals surface area contributed by atoms with Crippen molar-refractivity contribution in [1.29, 1.82) is 0 Å². The number of carbonyl (C=O) groups is 2. The highest BCUT2D eigenvalue weighted by molar-refractivity contribution is 5.92. The summed E-state index contributed by atoms with van der Waals surface area (Å²) in [6, 6.07) is 20.1. The lowest BCUT2D eigenvalue weighted by Gasteiger charge is -2.24. The first-order valence-corrected chi connectivity index (χ1v) is 11.7. The van der Waals surface area contributed by atoms with E-state index in [0.717, 1.165) is 22.4 Å². The van der Waals surface area contributed by atoms with Crippen molar-refractivity contribution in [3.8, 4) is 11.1 Å². The number of benzene rings is 2. The van der Waals surface area contributed by atoms with Crippen molar-refractivity contribution in [2.24, 2.45) is 5.92 Å². The van der Waals surface area contributed by atoms with Gasteiger partial charge in [-0.05, 0) is 36.0 Å². The van der Waals surface area contributed by atoms with Gasteiger partial charge in [-0.1, -0.05) is 73.6 Å². The Morgan fingerprint density at radius 1 is 1.09 bits per heavy atom. The fraction of sp³-hybridized carbons (Fsp3) is 0.370. The van der Waals surface area contributed by atoms with Crippen molar-refractivity contribution in [3.63, 3.8) is 0 Å². The van der Waals surface area contributed by atoms with Crippen LogP contribution >= 0.6 is 0 Å². The normalized spacial score (nSPS) is 16.8. The van der Waals surface area contributed by atoms with Crippen LogP contribution in [0, 0.1) is 5.92 Å². The van der Waals surface area contributed by atoms with Crippen LogP contribution in [0.15, 0.2) is 65.2 Å². The maximum absolute atomic E-state index is 13.4. The summed E-state index contributed by atoms with van der Waals surface area (Å²) in [4.78, 5) is 30.2. The van der Waals surface area contributed by atoms with Crippen molar-refractivity contribution in [3.05, 3.63) is 77.7 Å². The highest BCUT2D eigenvalue weighted by Crippen LogP contribution is 2.27. The van der Waals surface area contributed by atoms with Crippen LogP contribution in [0.1, 0.15) is 48.5 Å². The number of aromatic nitrogens is 1. The van der Waals surface area contributed by atoms with Gasteiger partial charge in [0.25, 0.3) is 5.91 Å². The Morgan fingerprint density at radius 2 is 1.82 bits per heavy atom. The maximum Gasteiger partial charge on any atom is 0.292 e. The van der Waals surface area contributed by atoms with E-state index in [9.17, 15) is 9.59 Å². The molecule has 0 N–H and O–H groups in total. The van der Waals surface area contributed by atoms with Gasteiger partial charge in [-0.25, -0.2) is 0 Å². The summed E-state index contributed by atoms with van der Waals surface area (Å²) >= 11 is 0. The van der Waals surface area contributed by atoms with E-state index in [1.807, 2.05) is 56.0 Å². The molecule has 172 valence electrons. The van der Waals surface area contributed by atoms with Gasteiger partial charge in [0.05, 0.1) is 11.6 Å². The molecule has 1 aromatic heterocycles. The van der Waals surface area contributed by atoms with Gasteiger partial charge in [0, 0.05) is 32.2 Å². The molecule has 1 fully saturated rings. The molecular weight excluding hydrogens is 414 g/mol. The second kappa shape index (κ2) is 10.0. The summed E-state index contributed by atoms with van der Waals surface area (Å²) in [5, 5.41) is 4.03. The minimum absolute atomic E-state index is 0.0936. The lowest BCUT2D eigenvalue weighted by Crippen LogP contribution is -2.38. The molecule has 0 spiro atoms. The van der Waals surface area contributed by atoms with Gasteiger partial charge in [0.1, 0.15) is 0 Å². The SMILES string of the molecule is CCN1CCN(C(=O)c2cc(C(C)C)no2)C[C@H](Cc2ccccc2-c2ccccc2)C1=O. The Morgan fingerprint density at radius 3 is 2.52 bits per heavy atom. The molecule has 0 bridgehead atoms. The largest absolute Gasteiger partial charge is 0.351 e. The summed E-state index contributed by atoms with van der Waals surface area (Å²) in [6.07, 6.45) is 0.567. The smallest absolute Gasteiger partial charge is 0.292 e. The second-order valence-electron chi connectivity index (χ2n) is 8.86. The zero-order valence-electron chi connectivity index (χ0n) is 19.5. The summed E-state index contributed by atoms with van der Waals surface area (Å²) in [7, 11) is 0. The third-order valence-electron chi connectivity index (χ3n) is 6.31. The Kier molecular flexibility index (Phi) is 6.92. The van der Waals surface area contributed by atoms with E-state index in [0.29, 0.717) is 32.6 Å². The fourth-order valence-electron chi connectivity index (χ4n) is 4.38. The first kappa shape index (κ1) is 22.8. The number of likely N-dealkylation sites (N-methyl/N-ethyl adjacent to an activating group) is 1. The van der Waals surface area contributed by atoms with Crippen LogP contribution in [0.5, 0.6) is 0 Å². The Balaban J connectivity index is 1.61. The Hall–Kier alpha value is -3.41. The molecule has 1 atom stereocenters. The zero-order chi connectivity index (χ0) is 23.4. The number of hydrogen-bond donors (Lipinski definition) is 0. The van der Waals surface area contributed by atoms with E-state index in [2.05, 4.69) is 29.4 Å². The Bertz CT molecular complexity index is 1110. The summed E-state index contributed by atoms with van der Waals surface area (Å²) < 4.78 is 5.35. The van der Waals surface area contributed by atoms with Gasteiger partial charge in [-0.3, -0.25) is 9.59 Å². The molecule has 0 radical (unpaired) electrons. The van der Waals surface area contributed by atoms with E-state index in [-0.39, 0.29) is 29.4 Å². The van der Waals surface area contributed by atoms with Gasteiger partial charge >= 0.3 is 0 Å². The van der Waals surface area contributed by atoms with Gasteiger partial charge in [-0.2, -0.15) is 0 Å². The molecule has 1 aliphatic heterocycles. The third-order valence-corrected chi connectivity index (χ3v) is 6.31. The topological polar surface area (TPSA) is 66.7 Å². The van der Waals surface area contributed by atoms with E-state index in [4.69, 9.17) is 4.52 Å². The molecule has 2 amide bonds. The van der Waals surface area contributed by atoms with E-state index < -0.39 is 0 Å². The molecule has 2 heterocycles. The van der Waals surface area contributed by atoms with Gasteiger partial charge in [-0.15, -0.1) is 0 Å². The van der Waals surface area contributed by atoms with Crippen molar-refractivity contribution in [2.45, 2.75) is 33.1 Å². The molecule has 6 nitrogen and oxygen atoms in total. The molecule has 33 heavy (non-hydrogen) atoms. The monoisotopic (exact) mass is 445 g/mol.